The first-order valence-electron chi connectivity index (χ1n) is 19.3. The minimum Gasteiger partial charge on any atom is -0.233 e. The van der Waals surface area contributed by atoms with Crippen molar-refractivity contribution in [2.24, 2.45) is 9.98 Å². The van der Waals surface area contributed by atoms with Crippen LogP contribution in [0.5, 0.6) is 0 Å². The molecule has 0 amide bonds. The fourth-order valence-corrected chi connectivity index (χ4v) is 7.46. The van der Waals surface area contributed by atoms with E-state index in [-0.39, 0.29) is 0 Å². The van der Waals surface area contributed by atoms with Crippen LogP contribution < -0.4 is 0 Å². The van der Waals surface area contributed by atoms with Crippen LogP contribution in [0.15, 0.2) is 162 Å². The first-order chi connectivity index (χ1) is 27.7. The van der Waals surface area contributed by atoms with Crippen LogP contribution in [0.2, 0.25) is 0 Å². The van der Waals surface area contributed by atoms with Crippen molar-refractivity contribution in [2.45, 2.75) is 34.6 Å². The molecular weight excluding hydrogens is 695 g/mol. The van der Waals surface area contributed by atoms with E-state index in [1.54, 1.807) is 0 Å². The van der Waals surface area contributed by atoms with Gasteiger partial charge in [0.2, 0.25) is 0 Å². The smallest absolute Gasteiger partial charge is 0.164 e. The van der Waals surface area contributed by atoms with E-state index >= 15 is 0 Å². The summed E-state index contributed by atoms with van der Waals surface area (Å²) in [6.45, 7) is 14.9. The molecule has 1 aromatic heterocycles. The first-order valence-corrected chi connectivity index (χ1v) is 19.3. The van der Waals surface area contributed by atoms with E-state index in [0.29, 0.717) is 29.0 Å². The third-order valence-electron chi connectivity index (χ3n) is 10.8. The molecule has 274 valence electrons. The Morgan fingerprint density at radius 2 is 0.912 bits per heavy atom. The van der Waals surface area contributed by atoms with Crippen molar-refractivity contribution in [1.82, 2.24) is 15.0 Å². The Morgan fingerprint density at radius 1 is 0.439 bits per heavy atom. The highest BCUT2D eigenvalue weighted by molar-refractivity contribution is 6.19. The van der Waals surface area contributed by atoms with Gasteiger partial charge in [0.05, 0.1) is 5.70 Å². The molecule has 7 aromatic carbocycles. The zero-order chi connectivity index (χ0) is 39.2. The average molecular weight is 736 g/mol. The van der Waals surface area contributed by atoms with Gasteiger partial charge in [0.25, 0.3) is 0 Å². The molecule has 1 aliphatic carbocycles. The van der Waals surface area contributed by atoms with Gasteiger partial charge in [0, 0.05) is 33.5 Å². The lowest BCUT2D eigenvalue weighted by Crippen LogP contribution is -2.04. The van der Waals surface area contributed by atoms with E-state index in [1.165, 1.54) is 38.8 Å². The molecule has 0 radical (unpaired) electrons. The molecule has 9 rings (SSSR count). The maximum atomic E-state index is 5.10. The van der Waals surface area contributed by atoms with E-state index in [1.807, 2.05) is 6.92 Å². The number of rotatable bonds is 7. The van der Waals surface area contributed by atoms with Gasteiger partial charge >= 0.3 is 0 Å². The minimum absolute atomic E-state index is 0.626. The molecule has 8 aromatic rings. The van der Waals surface area contributed by atoms with Gasteiger partial charge in [-0.25, -0.2) is 24.9 Å². The zero-order valence-corrected chi connectivity index (χ0v) is 32.8. The number of fused-ring (bicyclic) bond motifs is 3. The van der Waals surface area contributed by atoms with Crippen molar-refractivity contribution in [1.29, 1.82) is 0 Å². The van der Waals surface area contributed by atoms with E-state index in [2.05, 4.69) is 180 Å². The van der Waals surface area contributed by atoms with Crippen LogP contribution in [0.3, 0.4) is 0 Å². The normalized spacial score (nSPS) is 12.2. The standard InChI is InChI=1S/C52H41N5/c1-31-10-18-37(19-11-31)35(5)53-49(38-20-12-32(2)13-21-38)54-36(6)41-26-27-42-45-28-29-46(43-8-7-9-44(48(43)45)47(42)30-41)52-56-50(39-22-14-33(3)15-23-39)55-51(57-52)40-24-16-34(4)17-25-40/h7-30H,6H2,1-5H3/b53-35+,54-49-. The first kappa shape index (κ1) is 35.6. The van der Waals surface area contributed by atoms with E-state index < -0.39 is 0 Å². The lowest BCUT2D eigenvalue weighted by Gasteiger charge is -2.12. The summed E-state index contributed by atoms with van der Waals surface area (Å²) in [5.74, 6) is 2.56. The fourth-order valence-electron chi connectivity index (χ4n) is 7.46. The SMILES string of the molecule is C=C(/N=C(\N=C(/C)c1ccc(C)cc1)c1ccc(C)cc1)c1ccc2c(c1)-c1cccc3c(-c4nc(-c5ccc(C)cc5)nc(-c5ccc(C)cc5)n4)ccc-2c13. The maximum absolute atomic E-state index is 5.10. The maximum Gasteiger partial charge on any atom is 0.164 e. The monoisotopic (exact) mass is 735 g/mol. The van der Waals surface area contributed by atoms with E-state index in [4.69, 9.17) is 24.9 Å². The van der Waals surface area contributed by atoms with Crippen LogP contribution in [-0.4, -0.2) is 26.5 Å². The lowest BCUT2D eigenvalue weighted by molar-refractivity contribution is 1.08. The number of aryl methyl sites for hydroxylation is 4. The van der Waals surface area contributed by atoms with Gasteiger partial charge in [-0.05, 0) is 85.3 Å². The number of hydrogen-bond donors (Lipinski definition) is 0. The minimum atomic E-state index is 0.626. The van der Waals surface area contributed by atoms with Gasteiger partial charge in [0.1, 0.15) is 0 Å². The molecule has 0 spiro atoms. The van der Waals surface area contributed by atoms with Gasteiger partial charge in [-0.1, -0.05) is 162 Å². The summed E-state index contributed by atoms with van der Waals surface area (Å²) in [6, 6.07) is 50.8. The molecule has 5 heteroatoms. The topological polar surface area (TPSA) is 63.4 Å². The summed E-state index contributed by atoms with van der Waals surface area (Å²) in [7, 11) is 0. The second-order valence-corrected chi connectivity index (χ2v) is 15.0. The Morgan fingerprint density at radius 3 is 1.51 bits per heavy atom. The van der Waals surface area contributed by atoms with Crippen molar-refractivity contribution in [3.05, 3.63) is 191 Å². The van der Waals surface area contributed by atoms with Gasteiger partial charge < -0.3 is 0 Å². The second kappa shape index (κ2) is 14.5. The van der Waals surface area contributed by atoms with Gasteiger partial charge in [-0.2, -0.15) is 0 Å². The van der Waals surface area contributed by atoms with Crippen LogP contribution in [0.25, 0.3) is 72.9 Å². The third-order valence-corrected chi connectivity index (χ3v) is 10.8. The number of aromatic nitrogens is 3. The molecule has 0 atom stereocenters. The number of benzene rings is 7. The molecule has 0 bridgehead atoms. The van der Waals surface area contributed by atoms with Crippen molar-refractivity contribution in [2.75, 3.05) is 0 Å². The molecule has 0 unspecified atom stereocenters. The van der Waals surface area contributed by atoms with Crippen molar-refractivity contribution in [3.63, 3.8) is 0 Å². The molecule has 0 N–H and O–H groups in total. The largest absolute Gasteiger partial charge is 0.233 e. The fraction of sp³-hybridized carbons (Fsp3) is 0.0962. The summed E-state index contributed by atoms with van der Waals surface area (Å²) in [6.07, 6.45) is 0. The van der Waals surface area contributed by atoms with Crippen LogP contribution in [0, 0.1) is 27.7 Å². The number of aliphatic imine (C=N–C) groups is 2. The number of amidine groups is 1. The molecule has 1 heterocycles. The van der Waals surface area contributed by atoms with E-state index in [0.717, 1.165) is 55.6 Å². The Labute approximate surface area is 333 Å². The molecule has 0 saturated carbocycles. The zero-order valence-electron chi connectivity index (χ0n) is 32.8. The number of nitrogens with zero attached hydrogens (tertiary/aromatic N) is 5. The summed E-state index contributed by atoms with van der Waals surface area (Å²) < 4.78 is 0. The highest BCUT2D eigenvalue weighted by Gasteiger charge is 2.25. The predicted molar refractivity (Wildman–Crippen MR) is 238 cm³/mol. The van der Waals surface area contributed by atoms with Gasteiger partial charge in [-0.15, -0.1) is 0 Å². The lowest BCUT2D eigenvalue weighted by atomic mass is 9.98. The van der Waals surface area contributed by atoms with Crippen LogP contribution in [0.4, 0.5) is 0 Å². The Bertz CT molecular complexity index is 2850. The average Bonchev–Trinajstić information content (AvgIpc) is 3.55. The molecule has 0 saturated heterocycles. The molecule has 1 aliphatic rings. The molecule has 0 fully saturated rings. The Balaban J connectivity index is 1.13. The summed E-state index contributed by atoms with van der Waals surface area (Å²) in [4.78, 5) is 25.3. The second-order valence-electron chi connectivity index (χ2n) is 15.0. The Hall–Kier alpha value is -7.11. The van der Waals surface area contributed by atoms with E-state index in [9.17, 15) is 0 Å². The Kier molecular flexibility index (Phi) is 9.06. The molecule has 5 nitrogen and oxygen atoms in total. The predicted octanol–water partition coefficient (Wildman–Crippen LogP) is 12.8. The molecule has 57 heavy (non-hydrogen) atoms. The highest BCUT2D eigenvalue weighted by Crippen LogP contribution is 2.49. The number of hydrogen-bond acceptors (Lipinski definition) is 4. The van der Waals surface area contributed by atoms with Crippen molar-refractivity contribution < 1.29 is 0 Å². The summed E-state index contributed by atoms with van der Waals surface area (Å²) in [5.41, 5.74) is 16.8. The van der Waals surface area contributed by atoms with Crippen LogP contribution >= 0.6 is 0 Å². The van der Waals surface area contributed by atoms with Crippen LogP contribution in [0.1, 0.15) is 45.9 Å². The van der Waals surface area contributed by atoms with Crippen LogP contribution in [-0.2, 0) is 0 Å². The molecular formula is C52H41N5. The summed E-state index contributed by atoms with van der Waals surface area (Å²) >= 11 is 0. The van der Waals surface area contributed by atoms with Crippen molar-refractivity contribution in [3.8, 4) is 56.4 Å². The van der Waals surface area contributed by atoms with Crippen molar-refractivity contribution >= 4 is 28.0 Å². The van der Waals surface area contributed by atoms with Gasteiger partial charge in [0.15, 0.2) is 23.3 Å². The third kappa shape index (κ3) is 6.89. The summed E-state index contributed by atoms with van der Waals surface area (Å²) in [5, 5.41) is 2.28. The highest BCUT2D eigenvalue weighted by atomic mass is 15.0. The molecule has 0 aliphatic heterocycles. The quantitative estimate of drug-likeness (QED) is 0.121. The van der Waals surface area contributed by atoms with Gasteiger partial charge in [-0.3, -0.25) is 0 Å².